The molecule has 6 nitrogen and oxygen atoms in total. The van der Waals surface area contributed by atoms with Crippen molar-refractivity contribution < 1.29 is 14.4 Å². The number of carbonyl (C=O) groups is 1. The molecule has 2 aromatic rings. The predicted octanol–water partition coefficient (Wildman–Crippen LogP) is 2.97. The van der Waals surface area contributed by atoms with Gasteiger partial charge in [0.2, 0.25) is 5.91 Å². The van der Waals surface area contributed by atoms with Crippen LogP contribution in [0.1, 0.15) is 39.1 Å². The maximum Gasteiger partial charge on any atom is 0.257 e. The number of rotatable bonds is 6. The van der Waals surface area contributed by atoms with Gasteiger partial charge in [-0.25, -0.2) is 0 Å². The number of aliphatic hydroxyl groups excluding tert-OH is 1. The summed E-state index contributed by atoms with van der Waals surface area (Å²) in [5, 5.41) is 17.0. The third kappa shape index (κ3) is 4.77. The van der Waals surface area contributed by atoms with Crippen LogP contribution in [0, 0.1) is 5.92 Å². The van der Waals surface area contributed by atoms with Gasteiger partial charge in [0.1, 0.15) is 0 Å². The van der Waals surface area contributed by atoms with Crippen molar-refractivity contribution >= 4 is 17.5 Å². The highest BCUT2D eigenvalue weighted by Gasteiger charge is 2.19. The lowest BCUT2D eigenvalue weighted by Crippen LogP contribution is -2.31. The van der Waals surface area contributed by atoms with E-state index in [4.69, 9.17) is 16.1 Å². The fourth-order valence-corrected chi connectivity index (χ4v) is 2.04. The molecule has 0 radical (unpaired) electrons. The summed E-state index contributed by atoms with van der Waals surface area (Å²) in [6, 6.07) is 6.62. The number of benzene rings is 1. The molecule has 0 aliphatic heterocycles. The van der Waals surface area contributed by atoms with Gasteiger partial charge in [-0.3, -0.25) is 4.79 Å². The Hall–Kier alpha value is -1.92. The molecule has 2 N–H and O–H groups in total. The first-order chi connectivity index (χ1) is 10.9. The number of hydrogen-bond donors (Lipinski definition) is 2. The normalized spacial score (nSPS) is 13.8. The third-order valence-electron chi connectivity index (χ3n) is 3.46. The van der Waals surface area contributed by atoms with E-state index >= 15 is 0 Å². The standard InChI is InChI=1S/C16H20ClN3O3/c1-9(2)13(21)8-14(22)18-10(3)15-19-16(23-20-15)11-4-6-12(17)7-5-11/h4-7,9-10,13,21H,8H2,1-3H3,(H,18,22). The van der Waals surface area contributed by atoms with Gasteiger partial charge < -0.3 is 14.9 Å². The summed E-state index contributed by atoms with van der Waals surface area (Å²) in [6.45, 7) is 5.48. The van der Waals surface area contributed by atoms with E-state index in [-0.39, 0.29) is 18.2 Å². The Labute approximate surface area is 139 Å². The fourth-order valence-electron chi connectivity index (χ4n) is 1.91. The summed E-state index contributed by atoms with van der Waals surface area (Å²) < 4.78 is 5.21. The molecule has 0 aliphatic rings. The van der Waals surface area contributed by atoms with Crippen molar-refractivity contribution in [2.75, 3.05) is 0 Å². The molecule has 1 heterocycles. The number of nitrogens with one attached hydrogen (secondary N) is 1. The van der Waals surface area contributed by atoms with Crippen LogP contribution in [-0.2, 0) is 4.79 Å². The van der Waals surface area contributed by atoms with Crippen molar-refractivity contribution in [3.63, 3.8) is 0 Å². The van der Waals surface area contributed by atoms with Crippen molar-refractivity contribution in [2.24, 2.45) is 5.92 Å². The number of carbonyl (C=O) groups excluding carboxylic acids is 1. The summed E-state index contributed by atoms with van der Waals surface area (Å²) in [7, 11) is 0. The molecule has 2 atom stereocenters. The summed E-state index contributed by atoms with van der Waals surface area (Å²) >= 11 is 5.84. The van der Waals surface area contributed by atoms with Crippen LogP contribution >= 0.6 is 11.6 Å². The zero-order valence-corrected chi connectivity index (χ0v) is 14.0. The van der Waals surface area contributed by atoms with Gasteiger partial charge in [0.15, 0.2) is 5.82 Å². The van der Waals surface area contributed by atoms with E-state index < -0.39 is 12.1 Å². The zero-order chi connectivity index (χ0) is 17.0. The molecule has 2 rings (SSSR count). The van der Waals surface area contributed by atoms with Gasteiger partial charge in [-0.05, 0) is 37.1 Å². The van der Waals surface area contributed by atoms with Crippen LogP contribution < -0.4 is 5.32 Å². The topological polar surface area (TPSA) is 88.2 Å². The largest absolute Gasteiger partial charge is 0.392 e. The second kappa shape index (κ2) is 7.57. The second-order valence-electron chi connectivity index (χ2n) is 5.77. The fraction of sp³-hybridized carbons (Fsp3) is 0.438. The number of aromatic nitrogens is 2. The van der Waals surface area contributed by atoms with Crippen molar-refractivity contribution in [2.45, 2.75) is 39.3 Å². The Balaban J connectivity index is 1.99. The molecule has 1 aromatic heterocycles. The first kappa shape index (κ1) is 17.4. The second-order valence-corrected chi connectivity index (χ2v) is 6.21. The van der Waals surface area contributed by atoms with E-state index in [2.05, 4.69) is 15.5 Å². The van der Waals surface area contributed by atoms with Gasteiger partial charge in [0.25, 0.3) is 5.89 Å². The Kier molecular flexibility index (Phi) is 5.74. The molecule has 0 bridgehead atoms. The van der Waals surface area contributed by atoms with Crippen LogP contribution in [-0.4, -0.2) is 27.3 Å². The molecule has 0 saturated heterocycles. The minimum atomic E-state index is -0.669. The number of aliphatic hydroxyl groups is 1. The highest BCUT2D eigenvalue weighted by molar-refractivity contribution is 6.30. The lowest BCUT2D eigenvalue weighted by Gasteiger charge is -2.15. The molecule has 1 amide bonds. The van der Waals surface area contributed by atoms with Crippen molar-refractivity contribution in [3.8, 4) is 11.5 Å². The van der Waals surface area contributed by atoms with Gasteiger partial charge in [0.05, 0.1) is 18.6 Å². The van der Waals surface area contributed by atoms with Crippen LogP contribution in [0.3, 0.4) is 0 Å². The Morgan fingerprint density at radius 1 is 1.30 bits per heavy atom. The SMILES string of the molecule is CC(NC(=O)CC(O)C(C)C)c1noc(-c2ccc(Cl)cc2)n1. The van der Waals surface area contributed by atoms with Gasteiger partial charge in [0, 0.05) is 10.6 Å². The number of halogens is 1. The zero-order valence-electron chi connectivity index (χ0n) is 13.3. The summed E-state index contributed by atoms with van der Waals surface area (Å²) in [5.41, 5.74) is 0.752. The maximum absolute atomic E-state index is 11.9. The molecule has 0 fully saturated rings. The third-order valence-corrected chi connectivity index (χ3v) is 3.71. The average Bonchev–Trinajstić information content (AvgIpc) is 2.97. The highest BCUT2D eigenvalue weighted by atomic mass is 35.5. The maximum atomic E-state index is 11.9. The van der Waals surface area contributed by atoms with Gasteiger partial charge in [-0.2, -0.15) is 4.98 Å². The lowest BCUT2D eigenvalue weighted by molar-refractivity contribution is -0.124. The molecule has 124 valence electrons. The summed E-state index contributed by atoms with van der Waals surface area (Å²) in [4.78, 5) is 16.2. The van der Waals surface area contributed by atoms with Crippen LogP contribution in [0.15, 0.2) is 28.8 Å². The van der Waals surface area contributed by atoms with E-state index in [0.717, 1.165) is 5.56 Å². The number of hydrogen-bond acceptors (Lipinski definition) is 5. The van der Waals surface area contributed by atoms with E-state index in [0.29, 0.717) is 16.7 Å². The smallest absolute Gasteiger partial charge is 0.257 e. The van der Waals surface area contributed by atoms with Crippen molar-refractivity contribution in [1.29, 1.82) is 0 Å². The van der Waals surface area contributed by atoms with E-state index in [9.17, 15) is 9.90 Å². The average molecular weight is 338 g/mol. The highest BCUT2D eigenvalue weighted by Crippen LogP contribution is 2.21. The minimum Gasteiger partial charge on any atom is -0.392 e. The molecular weight excluding hydrogens is 318 g/mol. The first-order valence-corrected chi connectivity index (χ1v) is 7.81. The Morgan fingerprint density at radius 3 is 2.57 bits per heavy atom. The van der Waals surface area contributed by atoms with Crippen molar-refractivity contribution in [3.05, 3.63) is 35.1 Å². The van der Waals surface area contributed by atoms with Crippen LogP contribution in [0.5, 0.6) is 0 Å². The summed E-state index contributed by atoms with van der Waals surface area (Å²) in [5.74, 6) is 0.511. The minimum absolute atomic E-state index is 0.0257. The van der Waals surface area contributed by atoms with Gasteiger partial charge in [-0.1, -0.05) is 30.6 Å². The molecule has 2 unspecified atom stereocenters. The van der Waals surface area contributed by atoms with Gasteiger partial charge in [-0.15, -0.1) is 0 Å². The molecule has 23 heavy (non-hydrogen) atoms. The van der Waals surface area contributed by atoms with Crippen LogP contribution in [0.25, 0.3) is 11.5 Å². The molecule has 0 spiro atoms. The van der Waals surface area contributed by atoms with E-state index in [1.807, 2.05) is 13.8 Å². The quantitative estimate of drug-likeness (QED) is 0.846. The van der Waals surface area contributed by atoms with E-state index in [1.54, 1.807) is 31.2 Å². The number of nitrogens with zero attached hydrogens (tertiary/aromatic N) is 2. The molecule has 0 aliphatic carbocycles. The van der Waals surface area contributed by atoms with Gasteiger partial charge >= 0.3 is 0 Å². The van der Waals surface area contributed by atoms with E-state index in [1.165, 1.54) is 0 Å². The Bertz CT molecular complexity index is 655. The molecular formula is C16H20ClN3O3. The first-order valence-electron chi connectivity index (χ1n) is 7.43. The number of amides is 1. The predicted molar refractivity (Wildman–Crippen MR) is 86.8 cm³/mol. The molecule has 1 aromatic carbocycles. The van der Waals surface area contributed by atoms with Crippen LogP contribution in [0.4, 0.5) is 0 Å². The lowest BCUT2D eigenvalue weighted by atomic mass is 10.0. The van der Waals surface area contributed by atoms with Crippen LogP contribution in [0.2, 0.25) is 5.02 Å². The summed E-state index contributed by atoms with van der Waals surface area (Å²) in [6.07, 6.45) is -0.624. The molecule has 0 saturated carbocycles. The molecule has 7 heteroatoms. The monoisotopic (exact) mass is 337 g/mol. The Morgan fingerprint density at radius 2 is 1.96 bits per heavy atom. The van der Waals surface area contributed by atoms with Crippen molar-refractivity contribution in [1.82, 2.24) is 15.5 Å².